The summed E-state index contributed by atoms with van der Waals surface area (Å²) in [5.41, 5.74) is -1.21. The quantitative estimate of drug-likeness (QED) is 0.645. The number of nitrogens with zero attached hydrogens (tertiary/aromatic N) is 1. The SMILES string of the molecule is CCC1(C(=O)OC)NC(c2ccco2)C2C(=O)N(C)C(=O)C21. The summed E-state index contributed by atoms with van der Waals surface area (Å²) in [4.78, 5) is 38.5. The van der Waals surface area contributed by atoms with Gasteiger partial charge in [0.25, 0.3) is 0 Å². The minimum atomic E-state index is -1.21. The highest BCUT2D eigenvalue weighted by atomic mass is 16.5. The van der Waals surface area contributed by atoms with E-state index in [9.17, 15) is 14.4 Å². The van der Waals surface area contributed by atoms with E-state index < -0.39 is 29.4 Å². The lowest BCUT2D eigenvalue weighted by Crippen LogP contribution is -2.55. The highest BCUT2D eigenvalue weighted by Crippen LogP contribution is 2.49. The fourth-order valence-corrected chi connectivity index (χ4v) is 3.70. The van der Waals surface area contributed by atoms with Crippen LogP contribution in [-0.2, 0) is 19.1 Å². The Morgan fingerprint density at radius 1 is 1.45 bits per heavy atom. The number of methoxy groups -OCH3 is 1. The molecule has 2 aliphatic heterocycles. The number of esters is 1. The van der Waals surface area contributed by atoms with E-state index >= 15 is 0 Å². The van der Waals surface area contributed by atoms with Crippen molar-refractivity contribution in [2.24, 2.45) is 11.8 Å². The topological polar surface area (TPSA) is 88.8 Å². The third-order valence-electron chi connectivity index (χ3n) is 4.83. The van der Waals surface area contributed by atoms with E-state index in [1.807, 2.05) is 0 Å². The van der Waals surface area contributed by atoms with Gasteiger partial charge in [-0.1, -0.05) is 6.92 Å². The maximum Gasteiger partial charge on any atom is 0.326 e. The summed E-state index contributed by atoms with van der Waals surface area (Å²) in [6, 6.07) is 2.91. The normalized spacial score (nSPS) is 34.1. The van der Waals surface area contributed by atoms with Crippen LogP contribution in [0.3, 0.4) is 0 Å². The molecule has 3 heterocycles. The lowest BCUT2D eigenvalue weighted by atomic mass is 9.78. The van der Waals surface area contributed by atoms with Gasteiger partial charge >= 0.3 is 5.97 Å². The van der Waals surface area contributed by atoms with Crippen molar-refractivity contribution in [1.29, 1.82) is 0 Å². The highest BCUT2D eigenvalue weighted by molar-refractivity contribution is 6.09. The molecule has 1 aromatic heterocycles. The zero-order valence-electron chi connectivity index (χ0n) is 12.7. The second kappa shape index (κ2) is 4.95. The number of amides is 2. The summed E-state index contributed by atoms with van der Waals surface area (Å²) >= 11 is 0. The number of nitrogens with one attached hydrogen (secondary N) is 1. The molecule has 2 fully saturated rings. The summed E-state index contributed by atoms with van der Waals surface area (Å²) in [6.07, 6.45) is 1.84. The molecule has 0 bridgehead atoms. The number of hydrogen-bond acceptors (Lipinski definition) is 6. The van der Waals surface area contributed by atoms with Crippen LogP contribution in [0.25, 0.3) is 0 Å². The van der Waals surface area contributed by atoms with Gasteiger partial charge in [-0.3, -0.25) is 24.6 Å². The van der Waals surface area contributed by atoms with Gasteiger partial charge in [0, 0.05) is 7.05 Å². The monoisotopic (exact) mass is 306 g/mol. The van der Waals surface area contributed by atoms with Crippen molar-refractivity contribution in [2.75, 3.05) is 14.2 Å². The molecular formula is C15H18N2O5. The Balaban J connectivity index is 2.13. The van der Waals surface area contributed by atoms with Crippen molar-refractivity contribution in [3.63, 3.8) is 0 Å². The number of likely N-dealkylation sites (tertiary alicyclic amines) is 1. The van der Waals surface area contributed by atoms with Crippen LogP contribution in [0.5, 0.6) is 0 Å². The van der Waals surface area contributed by atoms with E-state index in [4.69, 9.17) is 9.15 Å². The molecule has 7 nitrogen and oxygen atoms in total. The Morgan fingerprint density at radius 2 is 2.18 bits per heavy atom. The minimum Gasteiger partial charge on any atom is -0.468 e. The largest absolute Gasteiger partial charge is 0.468 e. The van der Waals surface area contributed by atoms with Gasteiger partial charge in [-0.25, -0.2) is 0 Å². The average Bonchev–Trinajstić information content (AvgIpc) is 3.21. The van der Waals surface area contributed by atoms with Gasteiger partial charge < -0.3 is 9.15 Å². The molecule has 7 heteroatoms. The molecule has 0 spiro atoms. The zero-order valence-corrected chi connectivity index (χ0v) is 12.7. The molecule has 2 aliphatic rings. The Kier molecular flexibility index (Phi) is 3.32. The Labute approximate surface area is 127 Å². The van der Waals surface area contributed by atoms with Gasteiger partial charge in [0.2, 0.25) is 11.8 Å². The number of carbonyl (C=O) groups is 3. The third kappa shape index (κ3) is 1.68. The van der Waals surface area contributed by atoms with Crippen molar-refractivity contribution >= 4 is 17.8 Å². The summed E-state index contributed by atoms with van der Waals surface area (Å²) in [5.74, 6) is -2.10. The smallest absolute Gasteiger partial charge is 0.326 e. The highest BCUT2D eigenvalue weighted by Gasteiger charge is 2.68. The Hall–Kier alpha value is -2.15. The minimum absolute atomic E-state index is 0.303. The first-order valence-electron chi connectivity index (χ1n) is 7.19. The third-order valence-corrected chi connectivity index (χ3v) is 4.83. The van der Waals surface area contributed by atoms with Gasteiger partial charge in [-0.15, -0.1) is 0 Å². The van der Waals surface area contributed by atoms with E-state index in [0.29, 0.717) is 12.2 Å². The lowest BCUT2D eigenvalue weighted by molar-refractivity contribution is -0.154. The maximum atomic E-state index is 12.5. The maximum absolute atomic E-state index is 12.5. The summed E-state index contributed by atoms with van der Waals surface area (Å²) in [6.45, 7) is 1.79. The molecule has 2 amide bonds. The number of furan rings is 1. The van der Waals surface area contributed by atoms with Crippen LogP contribution >= 0.6 is 0 Å². The van der Waals surface area contributed by atoms with Crippen LogP contribution in [0.4, 0.5) is 0 Å². The summed E-state index contributed by atoms with van der Waals surface area (Å²) in [5, 5.41) is 3.15. The van der Waals surface area contributed by atoms with Gasteiger partial charge in [-0.2, -0.15) is 0 Å². The molecule has 0 aliphatic carbocycles. The fraction of sp³-hybridized carbons (Fsp3) is 0.533. The molecule has 3 rings (SSSR count). The molecule has 1 N–H and O–H groups in total. The van der Waals surface area contributed by atoms with Crippen molar-refractivity contribution in [1.82, 2.24) is 10.2 Å². The Morgan fingerprint density at radius 3 is 2.73 bits per heavy atom. The number of ether oxygens (including phenoxy) is 1. The van der Waals surface area contributed by atoms with Crippen molar-refractivity contribution < 1.29 is 23.5 Å². The summed E-state index contributed by atoms with van der Waals surface area (Å²) in [7, 11) is 2.72. The van der Waals surface area contributed by atoms with Crippen LogP contribution in [0.15, 0.2) is 22.8 Å². The second-order valence-electron chi connectivity index (χ2n) is 5.69. The zero-order chi connectivity index (χ0) is 16.1. The molecule has 2 saturated heterocycles. The molecule has 4 atom stereocenters. The second-order valence-corrected chi connectivity index (χ2v) is 5.69. The van der Waals surface area contributed by atoms with Gasteiger partial charge in [0.15, 0.2) is 0 Å². The Bertz CT molecular complexity index is 626. The molecule has 0 radical (unpaired) electrons. The van der Waals surface area contributed by atoms with Gasteiger partial charge in [0.05, 0.1) is 31.3 Å². The number of hydrogen-bond donors (Lipinski definition) is 1. The van der Waals surface area contributed by atoms with Crippen LogP contribution < -0.4 is 5.32 Å². The molecule has 4 unspecified atom stereocenters. The van der Waals surface area contributed by atoms with Gasteiger partial charge in [-0.05, 0) is 18.6 Å². The molecule has 0 aromatic carbocycles. The van der Waals surface area contributed by atoms with Crippen LogP contribution in [0.2, 0.25) is 0 Å². The predicted octanol–water partition coefficient (Wildman–Crippen LogP) is 0.477. The number of imide groups is 1. The van der Waals surface area contributed by atoms with Crippen LogP contribution in [0.1, 0.15) is 25.1 Å². The number of carbonyl (C=O) groups excluding carboxylic acids is 3. The van der Waals surface area contributed by atoms with Crippen LogP contribution in [0, 0.1) is 11.8 Å². The van der Waals surface area contributed by atoms with Gasteiger partial charge in [0.1, 0.15) is 11.3 Å². The van der Waals surface area contributed by atoms with E-state index in [-0.39, 0.29) is 11.8 Å². The lowest BCUT2D eigenvalue weighted by Gasteiger charge is -2.30. The van der Waals surface area contributed by atoms with E-state index in [2.05, 4.69) is 5.32 Å². The first kappa shape index (κ1) is 14.8. The molecule has 0 saturated carbocycles. The first-order chi connectivity index (χ1) is 10.5. The first-order valence-corrected chi connectivity index (χ1v) is 7.19. The van der Waals surface area contributed by atoms with E-state index in [1.165, 1.54) is 20.4 Å². The number of fused-ring (bicyclic) bond motifs is 1. The van der Waals surface area contributed by atoms with Crippen molar-refractivity contribution in [3.05, 3.63) is 24.2 Å². The summed E-state index contributed by atoms with van der Waals surface area (Å²) < 4.78 is 10.3. The molecule has 22 heavy (non-hydrogen) atoms. The standard InChI is InChI=1S/C15H18N2O5/c1-4-15(14(20)21-3)10-9(12(18)17(2)13(10)19)11(16-15)8-6-5-7-22-8/h5-7,9-11,16H,4H2,1-3H3. The predicted molar refractivity (Wildman–Crippen MR) is 74.4 cm³/mol. The molecular weight excluding hydrogens is 288 g/mol. The molecule has 118 valence electrons. The number of rotatable bonds is 3. The molecule has 1 aromatic rings. The van der Waals surface area contributed by atoms with E-state index in [0.717, 1.165) is 4.90 Å². The van der Waals surface area contributed by atoms with Crippen molar-refractivity contribution in [3.8, 4) is 0 Å². The van der Waals surface area contributed by atoms with Crippen molar-refractivity contribution in [2.45, 2.75) is 24.9 Å². The van der Waals surface area contributed by atoms with Crippen LogP contribution in [-0.4, -0.2) is 42.4 Å². The van der Waals surface area contributed by atoms with E-state index in [1.54, 1.807) is 19.1 Å². The fourth-order valence-electron chi connectivity index (χ4n) is 3.70. The average molecular weight is 306 g/mol.